The van der Waals surface area contributed by atoms with Gasteiger partial charge in [-0.15, -0.1) is 0 Å². The highest BCUT2D eigenvalue weighted by Crippen LogP contribution is 2.24. The zero-order valence-electron chi connectivity index (χ0n) is 20.6. The molecular formula is C27H30N2O5S. The number of amides is 1. The highest BCUT2D eigenvalue weighted by Gasteiger charge is 2.19. The van der Waals surface area contributed by atoms with Gasteiger partial charge >= 0.3 is 5.97 Å². The first-order valence-electron chi connectivity index (χ1n) is 11.2. The molecular weight excluding hydrogens is 464 g/mol. The van der Waals surface area contributed by atoms with Gasteiger partial charge in [0, 0.05) is 11.3 Å². The van der Waals surface area contributed by atoms with E-state index >= 15 is 0 Å². The van der Waals surface area contributed by atoms with Crippen LogP contribution in [0.1, 0.15) is 49.9 Å². The molecule has 0 fully saturated rings. The van der Waals surface area contributed by atoms with Crippen molar-refractivity contribution in [2.75, 3.05) is 22.5 Å². The van der Waals surface area contributed by atoms with Crippen LogP contribution >= 0.6 is 0 Å². The summed E-state index contributed by atoms with van der Waals surface area (Å²) in [5.41, 5.74) is 5.36. The van der Waals surface area contributed by atoms with E-state index in [1.54, 1.807) is 62.4 Å². The van der Waals surface area contributed by atoms with Gasteiger partial charge in [-0.2, -0.15) is 0 Å². The zero-order chi connectivity index (χ0) is 25.8. The molecule has 0 aliphatic rings. The number of carbonyl (C=O) groups is 2. The third kappa shape index (κ3) is 6.27. The maximum atomic E-state index is 12.8. The zero-order valence-corrected chi connectivity index (χ0v) is 21.4. The lowest BCUT2D eigenvalue weighted by atomic mass is 10.1. The quantitative estimate of drug-likeness (QED) is 0.445. The number of carbonyl (C=O) groups excluding carboxylic acids is 2. The van der Waals surface area contributed by atoms with Gasteiger partial charge in [-0.1, -0.05) is 24.3 Å². The van der Waals surface area contributed by atoms with Gasteiger partial charge in [0.15, 0.2) is 0 Å². The maximum absolute atomic E-state index is 12.8. The fourth-order valence-electron chi connectivity index (χ4n) is 3.60. The van der Waals surface area contributed by atoms with Gasteiger partial charge in [0.2, 0.25) is 10.0 Å². The number of aryl methyl sites for hydroxylation is 2. The molecule has 7 nitrogen and oxygen atoms in total. The average molecular weight is 495 g/mol. The van der Waals surface area contributed by atoms with Crippen LogP contribution in [0.4, 0.5) is 11.4 Å². The highest BCUT2D eigenvalue weighted by atomic mass is 32.2. The summed E-state index contributed by atoms with van der Waals surface area (Å²) in [6.45, 7) is 7.81. The molecule has 1 N–H and O–H groups in total. The molecule has 3 aromatic rings. The number of hydrogen-bond donors (Lipinski definition) is 1. The van der Waals surface area contributed by atoms with Crippen LogP contribution in [0.2, 0.25) is 0 Å². The SMILES string of the molecule is CCOC(=O)c1cccc(NC(=O)c2ccc(CN(c3ccc(C)c(C)c3)S(C)(=O)=O)cc2)c1C. The van der Waals surface area contributed by atoms with Crippen LogP contribution in [0.5, 0.6) is 0 Å². The van der Waals surface area contributed by atoms with Crippen molar-refractivity contribution in [3.05, 3.63) is 94.0 Å². The van der Waals surface area contributed by atoms with Crippen molar-refractivity contribution in [1.29, 1.82) is 0 Å². The van der Waals surface area contributed by atoms with Crippen molar-refractivity contribution in [2.45, 2.75) is 34.2 Å². The van der Waals surface area contributed by atoms with E-state index in [0.717, 1.165) is 16.7 Å². The second kappa shape index (κ2) is 10.7. The van der Waals surface area contributed by atoms with Gasteiger partial charge in [-0.25, -0.2) is 13.2 Å². The highest BCUT2D eigenvalue weighted by molar-refractivity contribution is 7.92. The van der Waals surface area contributed by atoms with Crippen molar-refractivity contribution < 1.29 is 22.7 Å². The Morgan fingerprint density at radius 1 is 0.943 bits per heavy atom. The molecule has 0 saturated heterocycles. The summed E-state index contributed by atoms with van der Waals surface area (Å²) >= 11 is 0. The van der Waals surface area contributed by atoms with Crippen molar-refractivity contribution in [3.8, 4) is 0 Å². The molecule has 0 aromatic heterocycles. The molecule has 35 heavy (non-hydrogen) atoms. The minimum atomic E-state index is -3.52. The van der Waals surface area contributed by atoms with E-state index in [-0.39, 0.29) is 19.1 Å². The molecule has 0 spiro atoms. The number of anilines is 2. The first-order chi connectivity index (χ1) is 16.5. The normalized spacial score (nSPS) is 11.1. The third-order valence-electron chi connectivity index (χ3n) is 5.80. The molecule has 8 heteroatoms. The topological polar surface area (TPSA) is 92.8 Å². The Hall–Kier alpha value is -3.65. The molecule has 184 valence electrons. The van der Waals surface area contributed by atoms with Crippen LogP contribution in [-0.4, -0.2) is 33.2 Å². The lowest BCUT2D eigenvalue weighted by Crippen LogP contribution is -2.29. The largest absolute Gasteiger partial charge is 0.462 e. The summed E-state index contributed by atoms with van der Waals surface area (Å²) in [5.74, 6) is -0.778. The summed E-state index contributed by atoms with van der Waals surface area (Å²) in [5, 5.41) is 2.83. The van der Waals surface area contributed by atoms with Crippen LogP contribution in [0, 0.1) is 20.8 Å². The molecule has 0 heterocycles. The van der Waals surface area contributed by atoms with Crippen molar-refractivity contribution in [3.63, 3.8) is 0 Å². The molecule has 0 bridgehead atoms. The smallest absolute Gasteiger partial charge is 0.338 e. The Morgan fingerprint density at radius 2 is 1.63 bits per heavy atom. The van der Waals surface area contributed by atoms with E-state index in [0.29, 0.717) is 28.1 Å². The fraction of sp³-hybridized carbons (Fsp3) is 0.259. The van der Waals surface area contributed by atoms with Gasteiger partial charge < -0.3 is 10.1 Å². The standard InChI is InChI=1S/C27H30N2O5S/c1-6-34-27(31)24-8-7-9-25(20(24)4)28-26(30)22-13-11-21(12-14-22)17-29(35(5,32)33)23-15-10-18(2)19(3)16-23/h7-16H,6,17H2,1-5H3,(H,28,30). The monoisotopic (exact) mass is 494 g/mol. The Kier molecular flexibility index (Phi) is 7.96. The second-order valence-electron chi connectivity index (χ2n) is 8.39. The summed E-state index contributed by atoms with van der Waals surface area (Å²) in [6, 6.07) is 17.4. The number of nitrogens with one attached hydrogen (secondary N) is 1. The predicted molar refractivity (Wildman–Crippen MR) is 138 cm³/mol. The molecule has 0 atom stereocenters. The molecule has 3 rings (SSSR count). The first-order valence-corrected chi connectivity index (χ1v) is 13.1. The number of nitrogens with zero attached hydrogens (tertiary/aromatic N) is 1. The number of ether oxygens (including phenoxy) is 1. The lowest BCUT2D eigenvalue weighted by molar-refractivity contribution is 0.0525. The lowest BCUT2D eigenvalue weighted by Gasteiger charge is -2.23. The van der Waals surface area contributed by atoms with Gasteiger partial charge in [-0.05, 0) is 86.3 Å². The van der Waals surface area contributed by atoms with Gasteiger partial charge in [-0.3, -0.25) is 9.10 Å². The number of sulfonamides is 1. The van der Waals surface area contributed by atoms with Crippen LogP contribution in [0.3, 0.4) is 0 Å². The van der Waals surface area contributed by atoms with E-state index in [2.05, 4.69) is 5.32 Å². The maximum Gasteiger partial charge on any atom is 0.338 e. The van der Waals surface area contributed by atoms with Crippen LogP contribution in [-0.2, 0) is 21.3 Å². The molecule has 1 amide bonds. The fourth-order valence-corrected chi connectivity index (χ4v) is 4.48. The van der Waals surface area contributed by atoms with Crippen molar-refractivity contribution in [1.82, 2.24) is 0 Å². The van der Waals surface area contributed by atoms with E-state index in [9.17, 15) is 18.0 Å². The van der Waals surface area contributed by atoms with Gasteiger partial charge in [0.25, 0.3) is 5.91 Å². The first kappa shape index (κ1) is 26.0. The van der Waals surface area contributed by atoms with Crippen molar-refractivity contribution >= 4 is 33.3 Å². The van der Waals surface area contributed by atoms with Crippen LogP contribution in [0.15, 0.2) is 60.7 Å². The van der Waals surface area contributed by atoms with E-state index in [4.69, 9.17) is 4.74 Å². The minimum absolute atomic E-state index is 0.143. The summed E-state index contributed by atoms with van der Waals surface area (Å²) in [6.07, 6.45) is 1.18. The van der Waals surface area contributed by atoms with Crippen LogP contribution < -0.4 is 9.62 Å². The van der Waals surface area contributed by atoms with E-state index in [1.807, 2.05) is 26.0 Å². The number of benzene rings is 3. The molecule has 0 saturated carbocycles. The van der Waals surface area contributed by atoms with E-state index < -0.39 is 16.0 Å². The molecule has 0 unspecified atom stereocenters. The Bertz CT molecular complexity index is 1350. The third-order valence-corrected chi connectivity index (χ3v) is 6.94. The Balaban J connectivity index is 1.78. The minimum Gasteiger partial charge on any atom is -0.462 e. The Labute approximate surface area is 206 Å². The summed E-state index contributed by atoms with van der Waals surface area (Å²) in [7, 11) is -3.52. The molecule has 0 aliphatic carbocycles. The molecule has 0 aliphatic heterocycles. The van der Waals surface area contributed by atoms with Crippen molar-refractivity contribution in [2.24, 2.45) is 0 Å². The second-order valence-corrected chi connectivity index (χ2v) is 10.3. The number of hydrogen-bond acceptors (Lipinski definition) is 5. The van der Waals surface area contributed by atoms with E-state index in [1.165, 1.54) is 10.6 Å². The molecule has 3 aromatic carbocycles. The summed E-state index contributed by atoms with van der Waals surface area (Å²) < 4.78 is 31.4. The number of esters is 1. The predicted octanol–water partition coefficient (Wildman–Crippen LogP) is 5.01. The summed E-state index contributed by atoms with van der Waals surface area (Å²) in [4.78, 5) is 24.9. The van der Waals surface area contributed by atoms with Gasteiger partial charge in [0.05, 0.1) is 30.7 Å². The van der Waals surface area contributed by atoms with Crippen LogP contribution in [0.25, 0.3) is 0 Å². The van der Waals surface area contributed by atoms with Gasteiger partial charge in [0.1, 0.15) is 0 Å². The Morgan fingerprint density at radius 3 is 2.23 bits per heavy atom. The average Bonchev–Trinajstić information content (AvgIpc) is 2.80. The molecule has 0 radical (unpaired) electrons. The number of rotatable bonds is 8.